The first-order chi connectivity index (χ1) is 8.22. The molecule has 0 amide bonds. The minimum absolute atomic E-state index is 0.358. The maximum absolute atomic E-state index is 6.03. The van der Waals surface area contributed by atoms with Crippen LogP contribution >= 0.6 is 23.4 Å². The minimum Gasteiger partial charge on any atom is -0.495 e. The number of ether oxygens (including phenoxy) is 1. The van der Waals surface area contributed by atoms with Crippen LogP contribution in [-0.4, -0.2) is 25.2 Å². The van der Waals surface area contributed by atoms with Crippen LogP contribution in [0, 0.1) is 0 Å². The van der Waals surface area contributed by atoms with Gasteiger partial charge >= 0.3 is 0 Å². The van der Waals surface area contributed by atoms with Crippen LogP contribution < -0.4 is 10.1 Å². The summed E-state index contributed by atoms with van der Waals surface area (Å²) in [6.07, 6.45) is 0. The maximum atomic E-state index is 6.03. The van der Waals surface area contributed by atoms with Crippen LogP contribution in [0.15, 0.2) is 18.2 Å². The van der Waals surface area contributed by atoms with Crippen molar-refractivity contribution in [3.05, 3.63) is 28.8 Å². The SMILES string of the molecule is CCNC(CSCC)c1ccc(Cl)c(OC)c1. The maximum Gasteiger partial charge on any atom is 0.137 e. The summed E-state index contributed by atoms with van der Waals surface area (Å²) in [5.74, 6) is 2.94. The Morgan fingerprint density at radius 3 is 2.76 bits per heavy atom. The molecular weight excluding hydrogens is 254 g/mol. The molecule has 0 saturated heterocycles. The number of nitrogens with one attached hydrogen (secondary N) is 1. The third-order valence-corrected chi connectivity index (χ3v) is 3.81. The summed E-state index contributed by atoms with van der Waals surface area (Å²) in [5, 5.41) is 4.15. The molecule has 1 aromatic rings. The molecule has 0 bridgehead atoms. The predicted octanol–water partition coefficient (Wildman–Crippen LogP) is 3.75. The molecule has 0 aromatic heterocycles. The number of hydrogen-bond donors (Lipinski definition) is 1. The Hall–Kier alpha value is -0.380. The van der Waals surface area contributed by atoms with Gasteiger partial charge in [0.1, 0.15) is 5.75 Å². The first kappa shape index (κ1) is 14.7. The van der Waals surface area contributed by atoms with E-state index < -0.39 is 0 Å². The quantitative estimate of drug-likeness (QED) is 0.818. The molecule has 0 fully saturated rings. The van der Waals surface area contributed by atoms with E-state index in [0.29, 0.717) is 11.1 Å². The first-order valence-corrected chi connectivity index (χ1v) is 7.40. The average molecular weight is 274 g/mol. The van der Waals surface area contributed by atoms with E-state index in [0.717, 1.165) is 23.8 Å². The number of halogens is 1. The van der Waals surface area contributed by atoms with Gasteiger partial charge in [-0.2, -0.15) is 11.8 Å². The molecule has 0 spiro atoms. The highest BCUT2D eigenvalue weighted by atomic mass is 35.5. The standard InChI is InChI=1S/C13H20ClNOS/c1-4-15-12(9-17-5-2)10-6-7-11(14)13(8-10)16-3/h6-8,12,15H,4-5,9H2,1-3H3. The Morgan fingerprint density at radius 2 is 2.18 bits per heavy atom. The lowest BCUT2D eigenvalue weighted by Crippen LogP contribution is -2.23. The van der Waals surface area contributed by atoms with E-state index in [-0.39, 0.29) is 0 Å². The molecule has 1 rings (SSSR count). The van der Waals surface area contributed by atoms with Crippen molar-refractivity contribution in [3.8, 4) is 5.75 Å². The van der Waals surface area contributed by atoms with Crippen LogP contribution in [0.2, 0.25) is 5.02 Å². The topological polar surface area (TPSA) is 21.3 Å². The van der Waals surface area contributed by atoms with Crippen LogP contribution in [0.4, 0.5) is 0 Å². The average Bonchev–Trinajstić information content (AvgIpc) is 2.35. The van der Waals surface area contributed by atoms with E-state index in [1.165, 1.54) is 5.56 Å². The molecule has 1 aromatic carbocycles. The molecule has 0 aliphatic carbocycles. The fourth-order valence-electron chi connectivity index (χ4n) is 1.65. The minimum atomic E-state index is 0.358. The summed E-state index contributed by atoms with van der Waals surface area (Å²) in [7, 11) is 1.65. The van der Waals surface area contributed by atoms with E-state index >= 15 is 0 Å². The highest BCUT2D eigenvalue weighted by Gasteiger charge is 2.12. The van der Waals surface area contributed by atoms with Crippen LogP contribution in [0.25, 0.3) is 0 Å². The Bertz CT molecular complexity index is 346. The molecule has 1 N–H and O–H groups in total. The van der Waals surface area contributed by atoms with E-state index in [4.69, 9.17) is 16.3 Å². The van der Waals surface area contributed by atoms with Crippen molar-refractivity contribution >= 4 is 23.4 Å². The van der Waals surface area contributed by atoms with Gasteiger partial charge in [0.15, 0.2) is 0 Å². The van der Waals surface area contributed by atoms with Gasteiger partial charge in [0.05, 0.1) is 12.1 Å². The molecule has 96 valence electrons. The second-order valence-corrected chi connectivity index (χ2v) is 5.39. The van der Waals surface area contributed by atoms with Crippen molar-refractivity contribution in [2.45, 2.75) is 19.9 Å². The molecule has 17 heavy (non-hydrogen) atoms. The molecule has 2 nitrogen and oxygen atoms in total. The summed E-state index contributed by atoms with van der Waals surface area (Å²) < 4.78 is 5.25. The highest BCUT2D eigenvalue weighted by Crippen LogP contribution is 2.29. The van der Waals surface area contributed by atoms with Gasteiger partial charge in [-0.15, -0.1) is 0 Å². The van der Waals surface area contributed by atoms with Gasteiger partial charge in [-0.05, 0) is 30.0 Å². The summed E-state index contributed by atoms with van der Waals surface area (Å²) in [5.41, 5.74) is 1.23. The molecule has 0 aliphatic heterocycles. The van der Waals surface area contributed by atoms with Gasteiger partial charge in [0.25, 0.3) is 0 Å². The first-order valence-electron chi connectivity index (χ1n) is 5.87. The molecule has 0 saturated carbocycles. The molecule has 1 unspecified atom stereocenters. The summed E-state index contributed by atoms with van der Waals surface area (Å²) in [6.45, 7) is 5.26. The number of rotatable bonds is 7. The molecule has 0 heterocycles. The van der Waals surface area contributed by atoms with Crippen molar-refractivity contribution in [2.75, 3.05) is 25.2 Å². The van der Waals surface area contributed by atoms with E-state index in [2.05, 4.69) is 25.2 Å². The van der Waals surface area contributed by atoms with E-state index in [9.17, 15) is 0 Å². The zero-order valence-electron chi connectivity index (χ0n) is 10.6. The Balaban J connectivity index is 2.85. The number of benzene rings is 1. The smallest absolute Gasteiger partial charge is 0.137 e. The lowest BCUT2D eigenvalue weighted by molar-refractivity contribution is 0.413. The number of methoxy groups -OCH3 is 1. The molecule has 4 heteroatoms. The van der Waals surface area contributed by atoms with Gasteiger partial charge in [-0.25, -0.2) is 0 Å². The van der Waals surface area contributed by atoms with Gasteiger partial charge in [-0.1, -0.05) is 31.5 Å². The van der Waals surface area contributed by atoms with Crippen molar-refractivity contribution in [2.24, 2.45) is 0 Å². The number of thioether (sulfide) groups is 1. The number of hydrogen-bond acceptors (Lipinski definition) is 3. The molecule has 1 atom stereocenters. The van der Waals surface area contributed by atoms with Crippen molar-refractivity contribution < 1.29 is 4.74 Å². The lowest BCUT2D eigenvalue weighted by atomic mass is 10.1. The third-order valence-electron chi connectivity index (χ3n) is 2.52. The Labute approximate surface area is 113 Å². The molecule has 0 radical (unpaired) electrons. The van der Waals surface area contributed by atoms with Gasteiger partial charge in [-0.3, -0.25) is 0 Å². The Kier molecular flexibility index (Phi) is 6.78. The summed E-state index contributed by atoms with van der Waals surface area (Å²) >= 11 is 7.96. The monoisotopic (exact) mass is 273 g/mol. The zero-order valence-corrected chi connectivity index (χ0v) is 12.2. The third kappa shape index (κ3) is 4.41. The van der Waals surface area contributed by atoms with Crippen LogP contribution in [-0.2, 0) is 0 Å². The summed E-state index contributed by atoms with van der Waals surface area (Å²) in [4.78, 5) is 0. The van der Waals surface area contributed by atoms with Crippen LogP contribution in [0.1, 0.15) is 25.5 Å². The molecular formula is C13H20ClNOS. The van der Waals surface area contributed by atoms with Crippen LogP contribution in [0.3, 0.4) is 0 Å². The lowest BCUT2D eigenvalue weighted by Gasteiger charge is -2.18. The van der Waals surface area contributed by atoms with Crippen molar-refractivity contribution in [1.29, 1.82) is 0 Å². The normalized spacial score (nSPS) is 12.5. The fourth-order valence-corrected chi connectivity index (χ4v) is 2.62. The van der Waals surface area contributed by atoms with Crippen LogP contribution in [0.5, 0.6) is 5.75 Å². The van der Waals surface area contributed by atoms with Gasteiger partial charge < -0.3 is 10.1 Å². The Morgan fingerprint density at radius 1 is 1.41 bits per heavy atom. The largest absolute Gasteiger partial charge is 0.495 e. The second kappa shape index (κ2) is 7.85. The summed E-state index contributed by atoms with van der Waals surface area (Å²) in [6, 6.07) is 6.34. The van der Waals surface area contributed by atoms with Crippen molar-refractivity contribution in [3.63, 3.8) is 0 Å². The zero-order chi connectivity index (χ0) is 12.7. The van der Waals surface area contributed by atoms with Gasteiger partial charge in [0, 0.05) is 11.8 Å². The predicted molar refractivity (Wildman–Crippen MR) is 77.4 cm³/mol. The van der Waals surface area contributed by atoms with Gasteiger partial charge in [0.2, 0.25) is 0 Å². The van der Waals surface area contributed by atoms with E-state index in [1.54, 1.807) is 7.11 Å². The molecule has 0 aliphatic rings. The fraction of sp³-hybridized carbons (Fsp3) is 0.538. The van der Waals surface area contributed by atoms with Crippen molar-refractivity contribution in [1.82, 2.24) is 5.32 Å². The second-order valence-electron chi connectivity index (χ2n) is 3.66. The van der Waals surface area contributed by atoms with E-state index in [1.807, 2.05) is 23.9 Å². The highest BCUT2D eigenvalue weighted by molar-refractivity contribution is 7.99.